The summed E-state index contributed by atoms with van der Waals surface area (Å²) in [6.07, 6.45) is -3.33. The van der Waals surface area contributed by atoms with E-state index in [1.54, 1.807) is 13.8 Å². The molecule has 12 heteroatoms. The number of halogens is 4. The van der Waals surface area contributed by atoms with Crippen LogP contribution in [0, 0.1) is 30.0 Å². The van der Waals surface area contributed by atoms with Crippen LogP contribution in [-0.2, 0) is 22.1 Å². The third-order valence-corrected chi connectivity index (χ3v) is 7.04. The molecule has 1 aromatic carbocycles. The van der Waals surface area contributed by atoms with E-state index in [0.717, 1.165) is 10.6 Å². The zero-order valence-electron chi connectivity index (χ0n) is 19.3. The lowest BCUT2D eigenvalue weighted by Gasteiger charge is -2.29. The molecule has 36 heavy (non-hydrogen) atoms. The first-order valence-corrected chi connectivity index (χ1v) is 10.9. The van der Waals surface area contributed by atoms with Crippen LogP contribution in [0.1, 0.15) is 48.2 Å². The molecule has 0 spiro atoms. The average Bonchev–Trinajstić information content (AvgIpc) is 3.34. The molecular formula is C24H20F4N4O4. The second-order valence-corrected chi connectivity index (χ2v) is 9.30. The van der Waals surface area contributed by atoms with E-state index >= 15 is 0 Å². The van der Waals surface area contributed by atoms with Crippen LogP contribution < -0.4 is 4.74 Å². The molecule has 1 saturated heterocycles. The zero-order chi connectivity index (χ0) is 26.2. The topological polar surface area (TPSA) is 113 Å². The quantitative estimate of drug-likeness (QED) is 0.500. The van der Waals surface area contributed by atoms with E-state index in [1.807, 2.05) is 0 Å². The molecule has 0 unspecified atom stereocenters. The van der Waals surface area contributed by atoms with Crippen molar-refractivity contribution in [1.82, 2.24) is 14.5 Å². The average molecular weight is 504 g/mol. The van der Waals surface area contributed by atoms with Gasteiger partial charge >= 0.3 is 6.18 Å². The summed E-state index contributed by atoms with van der Waals surface area (Å²) < 4.78 is 67.6. The summed E-state index contributed by atoms with van der Waals surface area (Å²) in [5.41, 5.74) is -3.68. The van der Waals surface area contributed by atoms with E-state index in [2.05, 4.69) is 9.97 Å². The maximum absolute atomic E-state index is 14.3. The van der Waals surface area contributed by atoms with Crippen LogP contribution >= 0.6 is 0 Å². The molecule has 188 valence electrons. The number of aromatic hydroxyl groups is 2. The van der Waals surface area contributed by atoms with Crippen molar-refractivity contribution in [3.05, 3.63) is 58.3 Å². The van der Waals surface area contributed by atoms with Gasteiger partial charge in [0.05, 0.1) is 51.9 Å². The number of rotatable bonds is 4. The number of hydrogen-bond acceptors (Lipinski definition) is 7. The lowest BCUT2D eigenvalue weighted by Crippen LogP contribution is -2.33. The van der Waals surface area contributed by atoms with Crippen molar-refractivity contribution < 1.29 is 37.2 Å². The molecule has 2 aliphatic rings. The van der Waals surface area contributed by atoms with Gasteiger partial charge in [0.1, 0.15) is 11.9 Å². The Morgan fingerprint density at radius 3 is 2.58 bits per heavy atom. The fraction of sp³-hybridized carbons (Fsp3) is 0.375. The Morgan fingerprint density at radius 2 is 1.92 bits per heavy atom. The lowest BCUT2D eigenvalue weighted by molar-refractivity contribution is -0.137. The molecule has 2 N–H and O–H groups in total. The Labute approximate surface area is 202 Å². The maximum atomic E-state index is 14.3. The first-order valence-electron chi connectivity index (χ1n) is 10.9. The van der Waals surface area contributed by atoms with Crippen LogP contribution in [0.5, 0.6) is 17.6 Å². The number of fused-ring (bicyclic) bond motifs is 5. The summed E-state index contributed by atoms with van der Waals surface area (Å²) in [4.78, 5) is 7.56. The van der Waals surface area contributed by atoms with Crippen molar-refractivity contribution in [2.75, 3.05) is 6.61 Å². The van der Waals surface area contributed by atoms with Gasteiger partial charge in [0.2, 0.25) is 17.6 Å². The highest BCUT2D eigenvalue weighted by Gasteiger charge is 2.64. The summed E-state index contributed by atoms with van der Waals surface area (Å²) in [7, 11) is 0. The summed E-state index contributed by atoms with van der Waals surface area (Å²) in [5.74, 6) is -2.33. The van der Waals surface area contributed by atoms with Crippen LogP contribution in [0.25, 0.3) is 5.69 Å². The van der Waals surface area contributed by atoms with E-state index in [9.17, 15) is 27.8 Å². The van der Waals surface area contributed by atoms with Crippen molar-refractivity contribution >= 4 is 0 Å². The first-order chi connectivity index (χ1) is 16.8. The molecule has 3 aromatic rings. The van der Waals surface area contributed by atoms with Gasteiger partial charge in [-0.1, -0.05) is 0 Å². The van der Waals surface area contributed by atoms with Crippen LogP contribution in [0.3, 0.4) is 0 Å². The van der Waals surface area contributed by atoms with Crippen LogP contribution in [-0.4, -0.2) is 31.4 Å². The van der Waals surface area contributed by atoms with Gasteiger partial charge in [0, 0.05) is 5.92 Å². The lowest BCUT2D eigenvalue weighted by atomic mass is 9.73. The summed E-state index contributed by atoms with van der Waals surface area (Å²) in [6.45, 7) is 4.79. The van der Waals surface area contributed by atoms with Gasteiger partial charge in [0.15, 0.2) is 0 Å². The molecule has 0 aliphatic carbocycles. The van der Waals surface area contributed by atoms with Crippen molar-refractivity contribution in [3.8, 4) is 29.4 Å². The minimum atomic E-state index is -4.82. The second-order valence-electron chi connectivity index (χ2n) is 9.30. The van der Waals surface area contributed by atoms with E-state index in [0.29, 0.717) is 12.5 Å². The van der Waals surface area contributed by atoms with Crippen LogP contribution in [0.15, 0.2) is 24.5 Å². The highest BCUT2D eigenvalue weighted by Crippen LogP contribution is 2.66. The third kappa shape index (κ3) is 3.22. The number of nitriles is 1. The Kier molecular flexibility index (Phi) is 5.02. The van der Waals surface area contributed by atoms with Gasteiger partial charge < -0.3 is 19.7 Å². The normalized spacial score (nSPS) is 24.6. The molecule has 4 heterocycles. The molecule has 2 aromatic heterocycles. The van der Waals surface area contributed by atoms with Crippen LogP contribution in [0.2, 0.25) is 0 Å². The van der Waals surface area contributed by atoms with Gasteiger partial charge in [-0.25, -0.2) is 4.98 Å². The molecular weight excluding hydrogens is 484 g/mol. The molecule has 2 bridgehead atoms. The minimum Gasteiger partial charge on any atom is -0.494 e. The smallest absolute Gasteiger partial charge is 0.417 e. The van der Waals surface area contributed by atoms with Crippen LogP contribution in [0.4, 0.5) is 17.6 Å². The molecule has 1 fully saturated rings. The Bertz CT molecular complexity index is 1450. The standard InChI is InChI=1S/C24H20F4N4O4/c1-11-18(25)19(31-10-30-11)35-9-13-7-22(2)16-17(23(13,3)36-22)21(34)32(20(16)33)14-5-4-12(8-29)15(6-14)24(26,27)28/h4-6,10,13,33-34H,7,9H2,1-3H3/t13-,22+,23-/m0/s1. The summed E-state index contributed by atoms with van der Waals surface area (Å²) >= 11 is 0. The molecule has 0 radical (unpaired) electrons. The molecule has 2 aliphatic heterocycles. The number of ether oxygens (including phenoxy) is 2. The monoisotopic (exact) mass is 504 g/mol. The highest BCUT2D eigenvalue weighted by atomic mass is 19.4. The number of aryl methyl sites for hydroxylation is 1. The fourth-order valence-corrected chi connectivity index (χ4v) is 5.37. The zero-order valence-corrected chi connectivity index (χ0v) is 19.3. The number of aromatic nitrogens is 3. The van der Waals surface area contributed by atoms with E-state index < -0.39 is 52.0 Å². The van der Waals surface area contributed by atoms with Gasteiger partial charge in [-0.15, -0.1) is 0 Å². The van der Waals surface area contributed by atoms with Gasteiger partial charge in [-0.3, -0.25) is 4.57 Å². The van der Waals surface area contributed by atoms with E-state index in [1.165, 1.54) is 25.4 Å². The molecule has 3 atom stereocenters. The third-order valence-electron chi connectivity index (χ3n) is 7.04. The predicted molar refractivity (Wildman–Crippen MR) is 115 cm³/mol. The first kappa shape index (κ1) is 23.9. The van der Waals surface area contributed by atoms with Gasteiger partial charge in [-0.05, 0) is 45.4 Å². The number of hydrogen-bond donors (Lipinski definition) is 2. The van der Waals surface area contributed by atoms with Gasteiger partial charge in [0.25, 0.3) is 5.88 Å². The predicted octanol–water partition coefficient (Wildman–Crippen LogP) is 4.58. The maximum Gasteiger partial charge on any atom is 0.417 e. The van der Waals surface area contributed by atoms with Crippen molar-refractivity contribution in [1.29, 1.82) is 5.26 Å². The Hall–Kier alpha value is -3.85. The van der Waals surface area contributed by atoms with E-state index in [4.69, 9.17) is 14.7 Å². The van der Waals surface area contributed by atoms with Gasteiger partial charge in [-0.2, -0.15) is 27.8 Å². The molecule has 0 amide bonds. The molecule has 0 saturated carbocycles. The van der Waals surface area contributed by atoms with Crippen molar-refractivity contribution in [2.45, 2.75) is 44.6 Å². The number of benzene rings is 1. The summed E-state index contributed by atoms with van der Waals surface area (Å²) in [6, 6.07) is 4.38. The second kappa shape index (κ2) is 7.57. The largest absolute Gasteiger partial charge is 0.494 e. The molecule has 8 nitrogen and oxygen atoms in total. The number of nitrogens with zero attached hydrogens (tertiary/aromatic N) is 4. The Morgan fingerprint density at radius 1 is 1.22 bits per heavy atom. The van der Waals surface area contributed by atoms with E-state index in [-0.39, 0.29) is 35.0 Å². The Balaban J connectivity index is 1.56. The fourth-order valence-electron chi connectivity index (χ4n) is 5.37. The minimum absolute atomic E-state index is 0.0423. The number of alkyl halides is 3. The van der Waals surface area contributed by atoms with Crippen molar-refractivity contribution in [2.24, 2.45) is 5.92 Å². The highest BCUT2D eigenvalue weighted by molar-refractivity contribution is 5.62. The SMILES string of the molecule is Cc1ncnc(OC[C@@H]2C[C@@]3(C)O[C@]2(C)c2c3c(O)n(-c3ccc(C#N)c(C(F)(F)F)c3)c2O)c1F. The molecule has 5 rings (SSSR count). The summed E-state index contributed by atoms with van der Waals surface area (Å²) in [5, 5.41) is 31.3. The van der Waals surface area contributed by atoms with Crippen molar-refractivity contribution in [3.63, 3.8) is 0 Å².